The first kappa shape index (κ1) is 30.5. The third-order valence-electron chi connectivity index (χ3n) is 6.27. The van der Waals surface area contributed by atoms with Crippen LogP contribution in [0, 0.1) is 11.8 Å². The van der Waals surface area contributed by atoms with Crippen LogP contribution in [0.25, 0.3) is 0 Å². The molecule has 0 heterocycles. The number of aliphatic hydroxyl groups is 1. The van der Waals surface area contributed by atoms with Crippen LogP contribution in [-0.4, -0.2) is 75.1 Å². The number of aryl methyl sites for hydroxylation is 2. The number of aliphatic carboxylic acids is 3. The van der Waals surface area contributed by atoms with Gasteiger partial charge in [0.05, 0.1) is 19.4 Å². The molecule has 0 spiro atoms. The molecule has 0 aromatic heterocycles. The minimum Gasteiger partial charge on any atom is -0.481 e. The summed E-state index contributed by atoms with van der Waals surface area (Å²) in [5, 5.41) is 33.8. The zero-order valence-electron chi connectivity index (χ0n) is 21.7. The number of nitrogens with zero attached hydrogens (tertiary/aromatic N) is 1. The minimum atomic E-state index is -2.74. The highest BCUT2D eigenvalue weighted by molar-refractivity contribution is 5.88. The van der Waals surface area contributed by atoms with E-state index in [0.717, 1.165) is 32.5 Å². The van der Waals surface area contributed by atoms with Gasteiger partial charge in [-0.25, -0.2) is 4.79 Å². The average Bonchev–Trinajstić information content (AvgIpc) is 3.03. The number of carboxylic acid groups (broad SMARTS) is 3. The molecule has 9 heteroatoms. The van der Waals surface area contributed by atoms with Gasteiger partial charge in [0.25, 0.3) is 0 Å². The SMILES string of the molecule is CCN(CC)CC#CCOC1c2ccccc2CCc2ccccc21.O=C(O)CC(O)(CC(=O)O)C(=O)O. The van der Waals surface area contributed by atoms with E-state index >= 15 is 0 Å². The summed E-state index contributed by atoms with van der Waals surface area (Å²) in [5.41, 5.74) is 2.62. The number of hydrogen-bond donors (Lipinski definition) is 4. The van der Waals surface area contributed by atoms with Gasteiger partial charge >= 0.3 is 17.9 Å². The van der Waals surface area contributed by atoms with Crippen molar-refractivity contribution in [2.75, 3.05) is 26.2 Å². The number of rotatable bonds is 10. The molecule has 0 unspecified atom stereocenters. The van der Waals surface area contributed by atoms with E-state index in [1.54, 1.807) is 0 Å². The lowest BCUT2D eigenvalue weighted by Gasteiger charge is -2.20. The predicted octanol–water partition coefficient (Wildman–Crippen LogP) is 2.99. The Morgan fingerprint density at radius 2 is 1.34 bits per heavy atom. The van der Waals surface area contributed by atoms with E-state index in [4.69, 9.17) is 25.2 Å². The molecule has 4 N–H and O–H groups in total. The number of ether oxygens (including phenoxy) is 1. The van der Waals surface area contributed by atoms with Crippen LogP contribution in [0.3, 0.4) is 0 Å². The fourth-order valence-corrected chi connectivity index (χ4v) is 4.16. The maximum absolute atomic E-state index is 10.3. The largest absolute Gasteiger partial charge is 0.481 e. The Bertz CT molecular complexity index is 1100. The Hall–Kier alpha value is -3.71. The predicted molar refractivity (Wildman–Crippen MR) is 141 cm³/mol. The molecule has 0 atom stereocenters. The van der Waals surface area contributed by atoms with E-state index < -0.39 is 36.4 Å². The summed E-state index contributed by atoms with van der Waals surface area (Å²) in [4.78, 5) is 32.8. The van der Waals surface area contributed by atoms with Gasteiger partial charge in [0.15, 0.2) is 5.60 Å². The molecule has 0 saturated heterocycles. The Balaban J connectivity index is 0.000000332. The van der Waals surface area contributed by atoms with Crippen molar-refractivity contribution in [1.82, 2.24) is 4.90 Å². The zero-order chi connectivity index (χ0) is 28.1. The van der Waals surface area contributed by atoms with Gasteiger partial charge in [0.2, 0.25) is 0 Å². The van der Waals surface area contributed by atoms with Gasteiger partial charge in [0.1, 0.15) is 12.7 Å². The summed E-state index contributed by atoms with van der Waals surface area (Å²) in [7, 11) is 0. The first-order chi connectivity index (χ1) is 18.1. The molecule has 1 aliphatic carbocycles. The summed E-state index contributed by atoms with van der Waals surface area (Å²) in [6, 6.07) is 17.3. The molecule has 3 rings (SSSR count). The van der Waals surface area contributed by atoms with Crippen LogP contribution < -0.4 is 0 Å². The smallest absolute Gasteiger partial charge is 0.336 e. The van der Waals surface area contributed by atoms with Gasteiger partial charge in [-0.15, -0.1) is 0 Å². The molecule has 2 aromatic rings. The Labute approximate surface area is 222 Å². The Kier molecular flexibility index (Phi) is 12.0. The van der Waals surface area contributed by atoms with Crippen molar-refractivity contribution < 1.29 is 39.5 Å². The average molecular weight is 526 g/mol. The molecule has 0 radical (unpaired) electrons. The van der Waals surface area contributed by atoms with E-state index in [9.17, 15) is 14.4 Å². The summed E-state index contributed by atoms with van der Waals surface area (Å²) >= 11 is 0. The monoisotopic (exact) mass is 525 g/mol. The third kappa shape index (κ3) is 8.99. The van der Waals surface area contributed by atoms with Crippen LogP contribution in [-0.2, 0) is 32.0 Å². The molecule has 9 nitrogen and oxygen atoms in total. The van der Waals surface area contributed by atoms with Gasteiger partial charge in [-0.2, -0.15) is 0 Å². The van der Waals surface area contributed by atoms with Crippen LogP contribution in [0.15, 0.2) is 48.5 Å². The number of carbonyl (C=O) groups is 3. The van der Waals surface area contributed by atoms with Gasteiger partial charge in [-0.05, 0) is 48.2 Å². The van der Waals surface area contributed by atoms with Gasteiger partial charge in [0, 0.05) is 0 Å². The molecule has 0 bridgehead atoms. The fraction of sp³-hybridized carbons (Fsp3) is 0.414. The third-order valence-corrected chi connectivity index (χ3v) is 6.27. The molecule has 204 valence electrons. The normalized spacial score (nSPS) is 12.6. The van der Waals surface area contributed by atoms with E-state index in [0.29, 0.717) is 6.61 Å². The summed E-state index contributed by atoms with van der Waals surface area (Å²) in [5.74, 6) is 1.42. The first-order valence-corrected chi connectivity index (χ1v) is 12.5. The van der Waals surface area contributed by atoms with E-state index in [-0.39, 0.29) is 6.10 Å². The van der Waals surface area contributed by atoms with Crippen LogP contribution in [0.1, 0.15) is 55.0 Å². The van der Waals surface area contributed by atoms with Gasteiger partial charge < -0.3 is 25.2 Å². The van der Waals surface area contributed by atoms with Crippen molar-refractivity contribution in [2.45, 2.75) is 51.2 Å². The van der Waals surface area contributed by atoms with Crippen molar-refractivity contribution in [3.63, 3.8) is 0 Å². The summed E-state index contributed by atoms with van der Waals surface area (Å²) in [6.07, 6.45) is -0.164. The molecule has 1 aliphatic rings. The maximum atomic E-state index is 10.3. The lowest BCUT2D eigenvalue weighted by Crippen LogP contribution is -2.42. The van der Waals surface area contributed by atoms with Gasteiger partial charge in [-0.3, -0.25) is 14.5 Å². The molecular formula is C29H35NO8. The molecular weight excluding hydrogens is 490 g/mol. The van der Waals surface area contributed by atoms with Crippen LogP contribution >= 0.6 is 0 Å². The summed E-state index contributed by atoms with van der Waals surface area (Å²) in [6.45, 7) is 7.69. The zero-order valence-corrected chi connectivity index (χ0v) is 21.7. The highest BCUT2D eigenvalue weighted by Crippen LogP contribution is 2.34. The molecule has 2 aromatic carbocycles. The van der Waals surface area contributed by atoms with E-state index in [1.165, 1.54) is 22.3 Å². The molecule has 0 fully saturated rings. The highest BCUT2D eigenvalue weighted by atomic mass is 16.5. The van der Waals surface area contributed by atoms with E-state index in [2.05, 4.69) is 79.1 Å². The Morgan fingerprint density at radius 3 is 1.76 bits per heavy atom. The fourth-order valence-electron chi connectivity index (χ4n) is 4.16. The number of carboxylic acids is 3. The van der Waals surface area contributed by atoms with Crippen molar-refractivity contribution in [2.24, 2.45) is 0 Å². The number of benzene rings is 2. The highest BCUT2D eigenvalue weighted by Gasteiger charge is 2.40. The van der Waals surface area contributed by atoms with Crippen LogP contribution in [0.4, 0.5) is 0 Å². The minimum absolute atomic E-state index is 0.0161. The maximum Gasteiger partial charge on any atom is 0.336 e. The first-order valence-electron chi connectivity index (χ1n) is 12.5. The van der Waals surface area contributed by atoms with E-state index in [1.807, 2.05) is 0 Å². The Morgan fingerprint density at radius 1 is 0.868 bits per heavy atom. The van der Waals surface area contributed by atoms with Crippen molar-refractivity contribution in [3.8, 4) is 11.8 Å². The second-order valence-electron chi connectivity index (χ2n) is 8.88. The second-order valence-corrected chi connectivity index (χ2v) is 8.88. The topological polar surface area (TPSA) is 145 Å². The number of fused-ring (bicyclic) bond motifs is 2. The molecule has 38 heavy (non-hydrogen) atoms. The lowest BCUT2D eigenvalue weighted by molar-refractivity contribution is -0.170. The summed E-state index contributed by atoms with van der Waals surface area (Å²) < 4.78 is 6.27. The molecule has 0 amide bonds. The molecule has 0 saturated carbocycles. The van der Waals surface area contributed by atoms with Crippen molar-refractivity contribution >= 4 is 17.9 Å². The lowest BCUT2D eigenvalue weighted by atomic mass is 9.96. The standard InChI is InChI=1S/C23H27NO.C6H8O7/c1-3-24(4-2)17-9-10-18-25-23-21-13-7-5-11-19(21)15-16-20-12-6-8-14-22(20)23;7-3(8)1-6(13,5(11)12)2-4(9)10/h5-8,11-14,23H,3-4,15-18H2,1-2H3;13H,1-2H2,(H,7,8)(H,9,10)(H,11,12). The second kappa shape index (κ2) is 14.9. The molecule has 0 aliphatic heterocycles. The van der Waals surface area contributed by atoms with Crippen molar-refractivity contribution in [1.29, 1.82) is 0 Å². The van der Waals surface area contributed by atoms with Gasteiger partial charge in [-0.1, -0.05) is 74.2 Å². The van der Waals surface area contributed by atoms with Crippen LogP contribution in [0.5, 0.6) is 0 Å². The van der Waals surface area contributed by atoms with Crippen LogP contribution in [0.2, 0.25) is 0 Å². The number of hydrogen-bond acceptors (Lipinski definition) is 6. The quantitative estimate of drug-likeness (QED) is 0.344. The van der Waals surface area contributed by atoms with Crippen molar-refractivity contribution in [3.05, 3.63) is 70.8 Å².